The SMILES string of the molecule is CCOc1ccc([C@@H](C)NC(=O)c2sc3ccc(F)cc3c2OC)cc1. The highest BCUT2D eigenvalue weighted by molar-refractivity contribution is 7.21. The average molecular weight is 373 g/mol. The van der Waals surface area contributed by atoms with E-state index in [1.54, 1.807) is 6.07 Å². The Morgan fingerprint density at radius 1 is 1.23 bits per heavy atom. The van der Waals surface area contributed by atoms with E-state index in [-0.39, 0.29) is 17.8 Å². The molecule has 6 heteroatoms. The number of hydrogen-bond acceptors (Lipinski definition) is 4. The highest BCUT2D eigenvalue weighted by atomic mass is 32.1. The molecule has 2 aromatic carbocycles. The van der Waals surface area contributed by atoms with Gasteiger partial charge in [0.25, 0.3) is 5.91 Å². The van der Waals surface area contributed by atoms with Crippen LogP contribution in [0.4, 0.5) is 4.39 Å². The fourth-order valence-electron chi connectivity index (χ4n) is 2.76. The van der Waals surface area contributed by atoms with E-state index in [2.05, 4.69) is 5.32 Å². The van der Waals surface area contributed by atoms with Crippen molar-refractivity contribution in [2.45, 2.75) is 19.9 Å². The number of carbonyl (C=O) groups is 1. The van der Waals surface area contributed by atoms with Crippen LogP contribution < -0.4 is 14.8 Å². The number of halogens is 1. The third kappa shape index (κ3) is 3.65. The van der Waals surface area contributed by atoms with E-state index >= 15 is 0 Å². The van der Waals surface area contributed by atoms with Gasteiger partial charge in [0.1, 0.15) is 22.2 Å². The molecule has 0 spiro atoms. The van der Waals surface area contributed by atoms with Gasteiger partial charge >= 0.3 is 0 Å². The molecule has 26 heavy (non-hydrogen) atoms. The summed E-state index contributed by atoms with van der Waals surface area (Å²) in [5.74, 6) is 0.594. The van der Waals surface area contributed by atoms with E-state index in [4.69, 9.17) is 9.47 Å². The van der Waals surface area contributed by atoms with E-state index in [1.807, 2.05) is 38.1 Å². The molecule has 0 aliphatic rings. The zero-order valence-corrected chi connectivity index (χ0v) is 15.7. The Morgan fingerprint density at radius 2 is 1.96 bits per heavy atom. The number of hydrogen-bond donors (Lipinski definition) is 1. The van der Waals surface area contributed by atoms with Gasteiger partial charge < -0.3 is 14.8 Å². The molecule has 4 nitrogen and oxygen atoms in total. The number of ether oxygens (including phenoxy) is 2. The van der Waals surface area contributed by atoms with Gasteiger partial charge in [-0.2, -0.15) is 0 Å². The average Bonchev–Trinajstić information content (AvgIpc) is 3.00. The molecule has 0 bridgehead atoms. The lowest BCUT2D eigenvalue weighted by Gasteiger charge is -2.15. The molecule has 0 saturated carbocycles. The van der Waals surface area contributed by atoms with Crippen LogP contribution in [0.15, 0.2) is 42.5 Å². The Hall–Kier alpha value is -2.60. The van der Waals surface area contributed by atoms with Crippen molar-refractivity contribution in [3.05, 3.63) is 58.7 Å². The van der Waals surface area contributed by atoms with Gasteiger partial charge in [0.2, 0.25) is 0 Å². The smallest absolute Gasteiger partial charge is 0.265 e. The third-order valence-electron chi connectivity index (χ3n) is 4.05. The van der Waals surface area contributed by atoms with E-state index in [0.29, 0.717) is 22.6 Å². The number of carbonyl (C=O) groups excluding carboxylic acids is 1. The summed E-state index contributed by atoms with van der Waals surface area (Å²) in [6, 6.07) is 11.8. The first-order valence-electron chi connectivity index (χ1n) is 8.33. The Morgan fingerprint density at radius 3 is 2.62 bits per heavy atom. The predicted octanol–water partition coefficient (Wildman–Crippen LogP) is 4.94. The number of fused-ring (bicyclic) bond motifs is 1. The van der Waals surface area contributed by atoms with Gasteiger partial charge in [-0.1, -0.05) is 12.1 Å². The van der Waals surface area contributed by atoms with Crippen molar-refractivity contribution >= 4 is 27.3 Å². The first-order chi connectivity index (χ1) is 12.5. The Balaban J connectivity index is 1.82. The lowest BCUT2D eigenvalue weighted by atomic mass is 10.1. The van der Waals surface area contributed by atoms with Crippen LogP contribution in [0, 0.1) is 5.82 Å². The second-order valence-corrected chi connectivity index (χ2v) is 6.85. The summed E-state index contributed by atoms with van der Waals surface area (Å²) in [6.07, 6.45) is 0. The van der Waals surface area contributed by atoms with Crippen molar-refractivity contribution in [1.29, 1.82) is 0 Å². The van der Waals surface area contributed by atoms with Crippen LogP contribution in [0.25, 0.3) is 10.1 Å². The number of thiophene rings is 1. The fourth-order valence-corrected chi connectivity index (χ4v) is 3.82. The maximum Gasteiger partial charge on any atom is 0.265 e. The molecule has 0 radical (unpaired) electrons. The summed E-state index contributed by atoms with van der Waals surface area (Å²) < 4.78 is 25.1. The van der Waals surface area contributed by atoms with E-state index < -0.39 is 0 Å². The van der Waals surface area contributed by atoms with Gasteiger partial charge in [-0.05, 0) is 49.7 Å². The molecule has 1 atom stereocenters. The molecule has 1 heterocycles. The van der Waals surface area contributed by atoms with Crippen molar-refractivity contribution in [3.8, 4) is 11.5 Å². The van der Waals surface area contributed by atoms with Crippen LogP contribution >= 0.6 is 11.3 Å². The maximum absolute atomic E-state index is 13.5. The topological polar surface area (TPSA) is 47.6 Å². The standard InChI is InChI=1S/C20H20FNO3S/c1-4-25-15-8-5-13(6-9-15)12(2)22-20(23)19-18(24-3)16-11-14(21)7-10-17(16)26-19/h5-12H,4H2,1-3H3,(H,22,23)/t12-/m1/s1. The van der Waals surface area contributed by atoms with Crippen molar-refractivity contribution in [1.82, 2.24) is 5.32 Å². The molecule has 1 N–H and O–H groups in total. The van der Waals surface area contributed by atoms with Crippen LogP contribution in [0.3, 0.4) is 0 Å². The van der Waals surface area contributed by atoms with Gasteiger partial charge in [0.15, 0.2) is 0 Å². The quantitative estimate of drug-likeness (QED) is 0.666. The lowest BCUT2D eigenvalue weighted by molar-refractivity contribution is 0.0941. The molecule has 0 aliphatic carbocycles. The first-order valence-corrected chi connectivity index (χ1v) is 9.14. The zero-order valence-electron chi connectivity index (χ0n) is 14.8. The molecule has 0 aliphatic heterocycles. The zero-order chi connectivity index (χ0) is 18.7. The molecule has 136 valence electrons. The largest absolute Gasteiger partial charge is 0.494 e. The monoisotopic (exact) mass is 373 g/mol. The van der Waals surface area contributed by atoms with Crippen molar-refractivity contribution in [2.24, 2.45) is 0 Å². The number of methoxy groups -OCH3 is 1. The van der Waals surface area contributed by atoms with Gasteiger partial charge in [-0.15, -0.1) is 11.3 Å². The molecule has 1 amide bonds. The van der Waals surface area contributed by atoms with Gasteiger partial charge in [-0.3, -0.25) is 4.79 Å². The number of benzene rings is 2. The Kier molecular flexibility index (Phi) is 5.42. The second kappa shape index (κ2) is 7.74. The number of rotatable bonds is 6. The minimum absolute atomic E-state index is 0.190. The maximum atomic E-state index is 13.5. The summed E-state index contributed by atoms with van der Waals surface area (Å²) in [5.41, 5.74) is 0.966. The second-order valence-electron chi connectivity index (χ2n) is 5.80. The van der Waals surface area contributed by atoms with Crippen LogP contribution in [-0.4, -0.2) is 19.6 Å². The van der Waals surface area contributed by atoms with Gasteiger partial charge in [0.05, 0.1) is 19.8 Å². The van der Waals surface area contributed by atoms with Gasteiger partial charge in [0, 0.05) is 10.1 Å². The highest BCUT2D eigenvalue weighted by Crippen LogP contribution is 2.38. The van der Waals surface area contributed by atoms with Crippen molar-refractivity contribution < 1.29 is 18.7 Å². The molecular weight excluding hydrogens is 353 g/mol. The van der Waals surface area contributed by atoms with Crippen LogP contribution in [-0.2, 0) is 0 Å². The van der Waals surface area contributed by atoms with E-state index in [9.17, 15) is 9.18 Å². The molecule has 0 fully saturated rings. The summed E-state index contributed by atoms with van der Waals surface area (Å²) in [6.45, 7) is 4.45. The number of nitrogens with one attached hydrogen (secondary N) is 1. The summed E-state index contributed by atoms with van der Waals surface area (Å²) in [7, 11) is 1.49. The fraction of sp³-hybridized carbons (Fsp3) is 0.250. The third-order valence-corrected chi connectivity index (χ3v) is 5.20. The lowest BCUT2D eigenvalue weighted by Crippen LogP contribution is -2.26. The number of amides is 1. The highest BCUT2D eigenvalue weighted by Gasteiger charge is 2.21. The van der Waals surface area contributed by atoms with E-state index in [1.165, 1.54) is 30.6 Å². The minimum Gasteiger partial charge on any atom is -0.494 e. The molecule has 3 rings (SSSR count). The van der Waals surface area contributed by atoms with Crippen molar-refractivity contribution in [2.75, 3.05) is 13.7 Å². The van der Waals surface area contributed by atoms with Crippen LogP contribution in [0.5, 0.6) is 11.5 Å². The normalized spacial score (nSPS) is 12.0. The molecule has 0 saturated heterocycles. The summed E-state index contributed by atoms with van der Waals surface area (Å²) in [5, 5.41) is 3.58. The minimum atomic E-state index is -0.358. The Bertz CT molecular complexity index is 921. The summed E-state index contributed by atoms with van der Waals surface area (Å²) >= 11 is 1.29. The summed E-state index contributed by atoms with van der Waals surface area (Å²) in [4.78, 5) is 13.2. The first kappa shape index (κ1) is 18.2. The van der Waals surface area contributed by atoms with Crippen molar-refractivity contribution in [3.63, 3.8) is 0 Å². The van der Waals surface area contributed by atoms with Crippen LogP contribution in [0.1, 0.15) is 35.1 Å². The predicted molar refractivity (Wildman–Crippen MR) is 102 cm³/mol. The molecular formula is C20H20FNO3S. The van der Waals surface area contributed by atoms with E-state index in [0.717, 1.165) is 16.0 Å². The molecule has 3 aromatic rings. The van der Waals surface area contributed by atoms with Crippen LogP contribution in [0.2, 0.25) is 0 Å². The molecule has 1 aromatic heterocycles. The molecule has 0 unspecified atom stereocenters. The van der Waals surface area contributed by atoms with Gasteiger partial charge in [-0.25, -0.2) is 4.39 Å². The Labute approximate surface area is 155 Å².